The van der Waals surface area contributed by atoms with Gasteiger partial charge in [0.05, 0.1) is 5.75 Å². The van der Waals surface area contributed by atoms with Gasteiger partial charge in [-0.05, 0) is 31.6 Å². The smallest absolute Gasteiger partial charge is 0.214 e. The summed E-state index contributed by atoms with van der Waals surface area (Å²) < 4.78 is 25.7. The standard InChI is InChI=1S/C11H22N2O2S/c12-9-11(10-5-1-2-6-10)13-7-3-4-8-16(13,14)15/h10-11H,1-9,12H2. The zero-order chi connectivity index (χ0) is 11.6. The van der Waals surface area contributed by atoms with E-state index in [-0.39, 0.29) is 6.04 Å². The first kappa shape index (κ1) is 12.3. The van der Waals surface area contributed by atoms with Gasteiger partial charge in [-0.2, -0.15) is 4.31 Å². The van der Waals surface area contributed by atoms with Gasteiger partial charge in [-0.25, -0.2) is 8.42 Å². The molecule has 1 saturated heterocycles. The molecule has 5 heteroatoms. The summed E-state index contributed by atoms with van der Waals surface area (Å²) in [5.41, 5.74) is 5.80. The summed E-state index contributed by atoms with van der Waals surface area (Å²) in [7, 11) is -3.02. The van der Waals surface area contributed by atoms with Crippen LogP contribution in [0.15, 0.2) is 0 Å². The molecule has 1 heterocycles. The summed E-state index contributed by atoms with van der Waals surface area (Å²) in [5, 5.41) is 0. The van der Waals surface area contributed by atoms with Gasteiger partial charge in [0.15, 0.2) is 0 Å². The van der Waals surface area contributed by atoms with Crippen molar-refractivity contribution in [3.05, 3.63) is 0 Å². The van der Waals surface area contributed by atoms with E-state index in [0.29, 0.717) is 24.8 Å². The predicted molar refractivity (Wildman–Crippen MR) is 64.5 cm³/mol. The molecule has 16 heavy (non-hydrogen) atoms. The van der Waals surface area contributed by atoms with Crippen molar-refractivity contribution in [1.29, 1.82) is 0 Å². The van der Waals surface area contributed by atoms with Gasteiger partial charge in [0.1, 0.15) is 0 Å². The van der Waals surface area contributed by atoms with Crippen molar-refractivity contribution < 1.29 is 8.42 Å². The minimum atomic E-state index is -3.02. The number of hydrogen-bond donors (Lipinski definition) is 1. The monoisotopic (exact) mass is 246 g/mol. The van der Waals surface area contributed by atoms with E-state index in [9.17, 15) is 8.42 Å². The number of sulfonamides is 1. The molecule has 94 valence electrons. The average Bonchev–Trinajstić information content (AvgIpc) is 2.75. The van der Waals surface area contributed by atoms with Crippen LogP contribution in [0.4, 0.5) is 0 Å². The second-order valence-electron chi connectivity index (χ2n) is 4.98. The maximum absolute atomic E-state index is 12.0. The van der Waals surface area contributed by atoms with Crippen molar-refractivity contribution >= 4 is 10.0 Å². The Hall–Kier alpha value is -0.130. The molecule has 2 N–H and O–H groups in total. The molecule has 1 atom stereocenters. The molecule has 0 aromatic carbocycles. The third-order valence-corrected chi connectivity index (χ3v) is 5.92. The molecule has 1 saturated carbocycles. The van der Waals surface area contributed by atoms with Crippen LogP contribution in [0.2, 0.25) is 0 Å². The Bertz CT molecular complexity index is 323. The van der Waals surface area contributed by atoms with Gasteiger partial charge in [-0.3, -0.25) is 0 Å². The van der Waals surface area contributed by atoms with Crippen LogP contribution >= 0.6 is 0 Å². The zero-order valence-electron chi connectivity index (χ0n) is 9.77. The van der Waals surface area contributed by atoms with Crippen LogP contribution < -0.4 is 5.73 Å². The van der Waals surface area contributed by atoms with Crippen LogP contribution in [-0.4, -0.2) is 37.6 Å². The van der Waals surface area contributed by atoms with E-state index in [1.165, 1.54) is 12.8 Å². The summed E-state index contributed by atoms with van der Waals surface area (Å²) in [6.45, 7) is 1.16. The molecule has 1 aliphatic carbocycles. The van der Waals surface area contributed by atoms with E-state index in [0.717, 1.165) is 25.7 Å². The van der Waals surface area contributed by atoms with Gasteiger partial charge < -0.3 is 5.73 Å². The van der Waals surface area contributed by atoms with Crippen LogP contribution in [-0.2, 0) is 10.0 Å². The van der Waals surface area contributed by atoms with Crippen LogP contribution in [0.25, 0.3) is 0 Å². The van der Waals surface area contributed by atoms with Crippen LogP contribution in [0.5, 0.6) is 0 Å². The van der Waals surface area contributed by atoms with E-state index in [1.54, 1.807) is 4.31 Å². The Kier molecular flexibility index (Phi) is 3.87. The van der Waals surface area contributed by atoms with Gasteiger partial charge in [0.25, 0.3) is 0 Å². The molecule has 1 unspecified atom stereocenters. The molecule has 2 rings (SSSR count). The van der Waals surface area contributed by atoms with Gasteiger partial charge in [-0.1, -0.05) is 12.8 Å². The van der Waals surface area contributed by atoms with Crippen molar-refractivity contribution in [2.45, 2.75) is 44.6 Å². The summed E-state index contributed by atoms with van der Waals surface area (Å²) in [5.74, 6) is 0.814. The lowest BCUT2D eigenvalue weighted by Gasteiger charge is -2.36. The number of rotatable bonds is 3. The lowest BCUT2D eigenvalue weighted by molar-refractivity contribution is 0.232. The first-order chi connectivity index (χ1) is 7.65. The van der Waals surface area contributed by atoms with Crippen molar-refractivity contribution in [2.75, 3.05) is 18.8 Å². The Morgan fingerprint density at radius 2 is 1.88 bits per heavy atom. The molecule has 0 spiro atoms. The highest BCUT2D eigenvalue weighted by molar-refractivity contribution is 7.89. The molecule has 0 radical (unpaired) electrons. The van der Waals surface area contributed by atoms with Gasteiger partial charge in [0.2, 0.25) is 10.0 Å². The van der Waals surface area contributed by atoms with Crippen molar-refractivity contribution in [3.8, 4) is 0 Å². The van der Waals surface area contributed by atoms with Crippen molar-refractivity contribution in [3.63, 3.8) is 0 Å². The molecule has 4 nitrogen and oxygen atoms in total. The fraction of sp³-hybridized carbons (Fsp3) is 1.00. The molecule has 0 bridgehead atoms. The molecule has 0 aromatic rings. The fourth-order valence-electron chi connectivity index (χ4n) is 3.07. The Balaban J connectivity index is 2.12. The molecule has 0 amide bonds. The van der Waals surface area contributed by atoms with E-state index in [4.69, 9.17) is 5.73 Å². The van der Waals surface area contributed by atoms with Gasteiger partial charge in [-0.15, -0.1) is 0 Å². The zero-order valence-corrected chi connectivity index (χ0v) is 10.6. The van der Waals surface area contributed by atoms with E-state index in [2.05, 4.69) is 0 Å². The number of hydrogen-bond acceptors (Lipinski definition) is 3. The first-order valence-electron chi connectivity index (χ1n) is 6.35. The largest absolute Gasteiger partial charge is 0.329 e. The fourth-order valence-corrected chi connectivity index (χ4v) is 4.95. The lowest BCUT2D eigenvalue weighted by Crippen LogP contribution is -2.51. The highest BCUT2D eigenvalue weighted by Crippen LogP contribution is 2.32. The van der Waals surface area contributed by atoms with Crippen molar-refractivity contribution in [1.82, 2.24) is 4.31 Å². The second kappa shape index (κ2) is 5.02. The molecular weight excluding hydrogens is 224 g/mol. The van der Waals surface area contributed by atoms with Gasteiger partial charge >= 0.3 is 0 Å². The molecule has 1 aliphatic heterocycles. The highest BCUT2D eigenvalue weighted by Gasteiger charge is 2.36. The van der Waals surface area contributed by atoms with E-state index >= 15 is 0 Å². The molecular formula is C11H22N2O2S. The van der Waals surface area contributed by atoms with Crippen molar-refractivity contribution in [2.24, 2.45) is 11.7 Å². The third-order valence-electron chi connectivity index (χ3n) is 3.94. The quantitative estimate of drug-likeness (QED) is 0.805. The van der Waals surface area contributed by atoms with Crippen LogP contribution in [0.3, 0.4) is 0 Å². The summed E-state index contributed by atoms with van der Waals surface area (Å²) in [4.78, 5) is 0. The molecule has 0 aromatic heterocycles. The minimum Gasteiger partial charge on any atom is -0.329 e. The van der Waals surface area contributed by atoms with Gasteiger partial charge in [0, 0.05) is 19.1 Å². The summed E-state index contributed by atoms with van der Waals surface area (Å²) in [6, 6.07) is 0.0628. The highest BCUT2D eigenvalue weighted by atomic mass is 32.2. The van der Waals surface area contributed by atoms with Crippen LogP contribution in [0, 0.1) is 5.92 Å². The molecule has 2 aliphatic rings. The number of nitrogens with zero attached hydrogens (tertiary/aromatic N) is 1. The predicted octanol–water partition coefficient (Wildman–Crippen LogP) is 0.929. The normalized spacial score (nSPS) is 29.3. The Labute approximate surface area is 98.2 Å². The maximum atomic E-state index is 12.0. The van der Waals surface area contributed by atoms with Crippen LogP contribution in [0.1, 0.15) is 38.5 Å². The first-order valence-corrected chi connectivity index (χ1v) is 7.95. The minimum absolute atomic E-state index is 0.0628. The molecule has 2 fully saturated rings. The lowest BCUT2D eigenvalue weighted by atomic mass is 9.98. The average molecular weight is 246 g/mol. The third kappa shape index (κ3) is 2.41. The number of nitrogens with two attached hydrogens (primary N) is 1. The SMILES string of the molecule is NCC(C1CCCC1)N1CCCCS1(=O)=O. The summed E-state index contributed by atoms with van der Waals surface area (Å²) in [6.07, 6.45) is 6.55. The Morgan fingerprint density at radius 1 is 1.19 bits per heavy atom. The van der Waals surface area contributed by atoms with E-state index in [1.807, 2.05) is 0 Å². The second-order valence-corrected chi connectivity index (χ2v) is 7.02. The van der Waals surface area contributed by atoms with E-state index < -0.39 is 10.0 Å². The Morgan fingerprint density at radius 3 is 2.44 bits per heavy atom. The topological polar surface area (TPSA) is 63.4 Å². The maximum Gasteiger partial charge on any atom is 0.214 e. The summed E-state index contributed by atoms with van der Waals surface area (Å²) >= 11 is 0.